The van der Waals surface area contributed by atoms with Gasteiger partial charge in [-0.2, -0.15) is 13.2 Å². The average Bonchev–Trinajstić information content (AvgIpc) is 3.08. The zero-order chi connectivity index (χ0) is 22.5. The number of fused-ring (bicyclic) bond motifs is 2. The molecule has 0 fully saturated rings. The summed E-state index contributed by atoms with van der Waals surface area (Å²) < 4.78 is 38.4. The Labute approximate surface area is 181 Å². The van der Waals surface area contributed by atoms with E-state index in [2.05, 4.69) is 38.9 Å². The number of benzene rings is 2. The summed E-state index contributed by atoms with van der Waals surface area (Å²) in [6.07, 6.45) is -3.80. The zero-order valence-electron chi connectivity index (χ0n) is 17.4. The maximum atomic E-state index is 12.8. The molecule has 0 amide bonds. The van der Waals surface area contributed by atoms with Crippen LogP contribution in [0.5, 0.6) is 0 Å². The highest BCUT2D eigenvalue weighted by Crippen LogP contribution is 2.31. The van der Waals surface area contributed by atoms with Crippen molar-refractivity contribution in [2.75, 3.05) is 6.54 Å². The Bertz CT molecular complexity index is 1350. The molecule has 0 radical (unpaired) electrons. The van der Waals surface area contributed by atoms with Gasteiger partial charge in [0.05, 0.1) is 16.8 Å². The number of aromatic amines is 2. The fourth-order valence-corrected chi connectivity index (χ4v) is 4.33. The van der Waals surface area contributed by atoms with Gasteiger partial charge >= 0.3 is 6.18 Å². The number of aryl methyl sites for hydroxylation is 1. The minimum atomic E-state index is -4.40. The van der Waals surface area contributed by atoms with Crippen molar-refractivity contribution in [2.24, 2.45) is 0 Å². The van der Waals surface area contributed by atoms with E-state index in [1.807, 2.05) is 12.1 Å². The number of rotatable bonds is 3. The van der Waals surface area contributed by atoms with Crippen LogP contribution < -0.4 is 5.56 Å². The molecule has 0 spiro atoms. The molecule has 0 unspecified atom stereocenters. The van der Waals surface area contributed by atoms with Gasteiger partial charge in [0.25, 0.3) is 5.56 Å². The maximum Gasteiger partial charge on any atom is 0.416 e. The molecule has 0 saturated heterocycles. The van der Waals surface area contributed by atoms with Crippen LogP contribution in [0.2, 0.25) is 0 Å². The molecular weight excluding hydrogens is 417 g/mol. The van der Waals surface area contributed by atoms with Gasteiger partial charge in [0, 0.05) is 48.2 Å². The molecule has 0 aliphatic carbocycles. The van der Waals surface area contributed by atoms with Gasteiger partial charge in [-0.1, -0.05) is 30.3 Å². The Hall–Kier alpha value is -3.39. The molecule has 5 nitrogen and oxygen atoms in total. The van der Waals surface area contributed by atoms with Crippen molar-refractivity contribution in [3.63, 3.8) is 0 Å². The van der Waals surface area contributed by atoms with Crippen molar-refractivity contribution in [3.05, 3.63) is 87.0 Å². The van der Waals surface area contributed by atoms with Gasteiger partial charge in [-0.25, -0.2) is 4.98 Å². The minimum absolute atomic E-state index is 0.245. The summed E-state index contributed by atoms with van der Waals surface area (Å²) in [4.78, 5) is 25.7. The molecule has 0 saturated carbocycles. The second kappa shape index (κ2) is 7.63. The lowest BCUT2D eigenvalue weighted by atomic mass is 10.0. The van der Waals surface area contributed by atoms with Gasteiger partial charge in [0.2, 0.25) is 0 Å². The molecular formula is C24H21F3N4O. The van der Waals surface area contributed by atoms with E-state index >= 15 is 0 Å². The molecule has 3 heterocycles. The Morgan fingerprint density at radius 1 is 1.06 bits per heavy atom. The van der Waals surface area contributed by atoms with E-state index in [-0.39, 0.29) is 5.56 Å². The molecule has 2 aromatic heterocycles. The fraction of sp³-hybridized carbons (Fsp3) is 0.250. The minimum Gasteiger partial charge on any atom is -0.358 e. The first-order chi connectivity index (χ1) is 15.3. The highest BCUT2D eigenvalue weighted by Gasteiger charge is 2.30. The molecule has 5 rings (SSSR count). The molecule has 0 atom stereocenters. The predicted octanol–water partition coefficient (Wildman–Crippen LogP) is 4.80. The number of para-hydroxylation sites is 1. The van der Waals surface area contributed by atoms with Gasteiger partial charge in [0.15, 0.2) is 0 Å². The maximum absolute atomic E-state index is 12.8. The Balaban J connectivity index is 1.40. The highest BCUT2D eigenvalue weighted by molar-refractivity contribution is 5.84. The largest absolute Gasteiger partial charge is 0.416 e. The number of hydrogen-bond donors (Lipinski definition) is 2. The summed E-state index contributed by atoms with van der Waals surface area (Å²) in [7, 11) is 0. The third-order valence-corrected chi connectivity index (χ3v) is 6.04. The van der Waals surface area contributed by atoms with Gasteiger partial charge in [-0.3, -0.25) is 9.69 Å². The van der Waals surface area contributed by atoms with Gasteiger partial charge in [0.1, 0.15) is 5.82 Å². The van der Waals surface area contributed by atoms with E-state index in [1.54, 1.807) is 0 Å². The number of nitrogens with one attached hydrogen (secondary N) is 2. The number of halogens is 3. The lowest BCUT2D eigenvalue weighted by Crippen LogP contribution is -2.35. The fourth-order valence-electron chi connectivity index (χ4n) is 4.33. The highest BCUT2D eigenvalue weighted by atomic mass is 19.4. The van der Waals surface area contributed by atoms with Crippen LogP contribution in [-0.4, -0.2) is 26.4 Å². The molecule has 8 heteroatoms. The SMILES string of the molecule is Cc1[nH]c2ccccc2c1CN1CCc2nc(-c3ccc(C(F)(F)F)cc3)[nH]c(=O)c2C1. The van der Waals surface area contributed by atoms with Crippen molar-refractivity contribution in [2.45, 2.75) is 32.6 Å². The van der Waals surface area contributed by atoms with Crippen molar-refractivity contribution in [3.8, 4) is 11.4 Å². The lowest BCUT2D eigenvalue weighted by Gasteiger charge is -2.28. The average molecular weight is 438 g/mol. The lowest BCUT2D eigenvalue weighted by molar-refractivity contribution is -0.137. The molecule has 164 valence electrons. The second-order valence-corrected chi connectivity index (χ2v) is 8.15. The van der Waals surface area contributed by atoms with Crippen molar-refractivity contribution >= 4 is 10.9 Å². The van der Waals surface area contributed by atoms with Crippen LogP contribution in [0.25, 0.3) is 22.3 Å². The summed E-state index contributed by atoms with van der Waals surface area (Å²) in [6, 6.07) is 12.8. The smallest absolute Gasteiger partial charge is 0.358 e. The van der Waals surface area contributed by atoms with Gasteiger partial charge in [-0.15, -0.1) is 0 Å². The summed E-state index contributed by atoms with van der Waals surface area (Å²) in [5.74, 6) is 0.295. The summed E-state index contributed by atoms with van der Waals surface area (Å²) in [6.45, 7) is 3.99. The Morgan fingerprint density at radius 3 is 2.56 bits per heavy atom. The molecule has 32 heavy (non-hydrogen) atoms. The van der Waals surface area contributed by atoms with Gasteiger partial charge in [-0.05, 0) is 30.7 Å². The standard InChI is InChI=1S/C24H21F3N4O/c1-14-18(17-4-2-3-5-20(17)28-14)12-31-11-10-21-19(13-31)23(32)30-22(29-21)15-6-8-16(9-7-15)24(25,26)27/h2-9,28H,10-13H2,1H3,(H,29,30,32). The number of nitrogens with zero attached hydrogens (tertiary/aromatic N) is 2. The summed E-state index contributed by atoms with van der Waals surface area (Å²) >= 11 is 0. The quantitative estimate of drug-likeness (QED) is 0.483. The van der Waals surface area contributed by atoms with E-state index in [0.717, 1.165) is 36.4 Å². The third-order valence-electron chi connectivity index (χ3n) is 6.04. The Kier molecular flexibility index (Phi) is 4.89. The predicted molar refractivity (Wildman–Crippen MR) is 116 cm³/mol. The molecule has 1 aliphatic heterocycles. The van der Waals surface area contributed by atoms with Crippen LogP contribution in [0.15, 0.2) is 53.3 Å². The van der Waals surface area contributed by atoms with Crippen molar-refractivity contribution in [1.82, 2.24) is 19.9 Å². The molecule has 1 aliphatic rings. The van der Waals surface area contributed by atoms with E-state index in [0.29, 0.717) is 35.6 Å². The first-order valence-corrected chi connectivity index (χ1v) is 10.4. The third kappa shape index (κ3) is 3.71. The number of H-pyrrole nitrogens is 2. The summed E-state index contributed by atoms with van der Waals surface area (Å²) in [5.41, 5.74) is 4.22. The van der Waals surface area contributed by atoms with E-state index in [9.17, 15) is 18.0 Å². The number of aromatic nitrogens is 3. The van der Waals surface area contributed by atoms with Gasteiger partial charge < -0.3 is 9.97 Å². The number of alkyl halides is 3. The molecule has 2 aromatic carbocycles. The van der Waals surface area contributed by atoms with E-state index in [4.69, 9.17) is 0 Å². The van der Waals surface area contributed by atoms with Crippen LogP contribution in [0.3, 0.4) is 0 Å². The van der Waals surface area contributed by atoms with Crippen LogP contribution >= 0.6 is 0 Å². The zero-order valence-corrected chi connectivity index (χ0v) is 17.4. The topological polar surface area (TPSA) is 64.8 Å². The first kappa shape index (κ1) is 20.5. The van der Waals surface area contributed by atoms with E-state index in [1.165, 1.54) is 23.1 Å². The molecule has 0 bridgehead atoms. The van der Waals surface area contributed by atoms with Crippen LogP contribution in [0.4, 0.5) is 13.2 Å². The second-order valence-electron chi connectivity index (χ2n) is 8.15. The monoisotopic (exact) mass is 438 g/mol. The Morgan fingerprint density at radius 2 is 1.81 bits per heavy atom. The van der Waals surface area contributed by atoms with Crippen LogP contribution in [0, 0.1) is 6.92 Å². The summed E-state index contributed by atoms with van der Waals surface area (Å²) in [5, 5.41) is 1.18. The van der Waals surface area contributed by atoms with Crippen molar-refractivity contribution < 1.29 is 13.2 Å². The molecule has 2 N–H and O–H groups in total. The molecule has 4 aromatic rings. The first-order valence-electron chi connectivity index (χ1n) is 10.4. The van der Waals surface area contributed by atoms with E-state index < -0.39 is 11.7 Å². The van der Waals surface area contributed by atoms with Crippen molar-refractivity contribution in [1.29, 1.82) is 0 Å². The number of hydrogen-bond acceptors (Lipinski definition) is 3. The van der Waals surface area contributed by atoms with Crippen LogP contribution in [0.1, 0.15) is 28.1 Å². The normalized spacial score (nSPS) is 14.6. The van der Waals surface area contributed by atoms with Crippen LogP contribution in [-0.2, 0) is 25.7 Å².